The van der Waals surface area contributed by atoms with Crippen LogP contribution in [0.2, 0.25) is 0 Å². The Morgan fingerprint density at radius 1 is 1.25 bits per heavy atom. The molecule has 112 valence electrons. The van der Waals surface area contributed by atoms with E-state index in [9.17, 15) is 4.79 Å². The molecule has 3 N–H and O–H groups in total. The van der Waals surface area contributed by atoms with Gasteiger partial charge in [-0.1, -0.05) is 6.92 Å². The number of rotatable bonds is 6. The van der Waals surface area contributed by atoms with Crippen LogP contribution in [0.15, 0.2) is 12.7 Å². The van der Waals surface area contributed by atoms with Crippen molar-refractivity contribution in [2.24, 2.45) is 0 Å². The lowest BCUT2D eigenvalue weighted by Crippen LogP contribution is -2.22. The third-order valence-electron chi connectivity index (χ3n) is 2.44. The summed E-state index contributed by atoms with van der Waals surface area (Å²) < 4.78 is 0. The van der Waals surface area contributed by atoms with Crippen LogP contribution in [0.4, 0.5) is 5.82 Å². The Morgan fingerprint density at radius 2 is 2.05 bits per heavy atom. The standard InChI is InChI=1S/C11H16N6O.2ClH/c1-2-4-12-5-3-8(18)17-11-9-10(14-6-13-9)15-7-16-11;;/h6-7,12H,2-5H2,1H3,(H2,13,14,15,16,17,18);2*1H. The highest BCUT2D eigenvalue weighted by atomic mass is 35.5. The minimum Gasteiger partial charge on any atom is -0.340 e. The number of aromatic nitrogens is 4. The first-order chi connectivity index (χ1) is 8.81. The van der Waals surface area contributed by atoms with E-state index in [1.54, 1.807) is 0 Å². The number of nitrogens with one attached hydrogen (secondary N) is 3. The molecule has 0 unspecified atom stereocenters. The molecule has 0 aliphatic carbocycles. The van der Waals surface area contributed by atoms with Gasteiger partial charge in [0, 0.05) is 13.0 Å². The minimum atomic E-state index is -0.0757. The molecule has 2 aromatic heterocycles. The van der Waals surface area contributed by atoms with Crippen molar-refractivity contribution in [3.8, 4) is 0 Å². The number of fused-ring (bicyclic) bond motifs is 1. The molecule has 0 radical (unpaired) electrons. The summed E-state index contributed by atoms with van der Waals surface area (Å²) in [4.78, 5) is 26.6. The third-order valence-corrected chi connectivity index (χ3v) is 2.44. The van der Waals surface area contributed by atoms with Crippen molar-refractivity contribution in [3.05, 3.63) is 12.7 Å². The van der Waals surface area contributed by atoms with Gasteiger partial charge in [-0.15, -0.1) is 24.8 Å². The van der Waals surface area contributed by atoms with Crippen LogP contribution in [0.3, 0.4) is 0 Å². The summed E-state index contributed by atoms with van der Waals surface area (Å²) in [5.41, 5.74) is 1.19. The predicted molar refractivity (Wildman–Crippen MR) is 82.6 cm³/mol. The number of nitrogens with zero attached hydrogens (tertiary/aromatic N) is 3. The smallest absolute Gasteiger partial charge is 0.226 e. The van der Waals surface area contributed by atoms with Crippen molar-refractivity contribution >= 4 is 47.7 Å². The first-order valence-electron chi connectivity index (χ1n) is 5.96. The zero-order valence-electron chi connectivity index (χ0n) is 11.0. The summed E-state index contributed by atoms with van der Waals surface area (Å²) in [6, 6.07) is 0. The van der Waals surface area contributed by atoms with E-state index in [1.807, 2.05) is 0 Å². The average molecular weight is 321 g/mol. The van der Waals surface area contributed by atoms with Gasteiger partial charge in [-0.3, -0.25) is 4.79 Å². The summed E-state index contributed by atoms with van der Waals surface area (Å²) in [5, 5.41) is 5.92. The number of amides is 1. The Morgan fingerprint density at radius 3 is 2.80 bits per heavy atom. The number of anilines is 1. The Kier molecular flexibility index (Phi) is 8.78. The molecule has 0 spiro atoms. The Hall–Kier alpha value is -1.44. The first-order valence-corrected chi connectivity index (χ1v) is 5.96. The number of halogens is 2. The van der Waals surface area contributed by atoms with Crippen LogP contribution in [0.1, 0.15) is 19.8 Å². The van der Waals surface area contributed by atoms with Crippen molar-refractivity contribution < 1.29 is 4.79 Å². The highest BCUT2D eigenvalue weighted by Gasteiger charge is 2.08. The van der Waals surface area contributed by atoms with E-state index in [2.05, 4.69) is 37.5 Å². The molecule has 0 bridgehead atoms. The minimum absolute atomic E-state index is 0. The summed E-state index contributed by atoms with van der Waals surface area (Å²) in [7, 11) is 0. The lowest BCUT2D eigenvalue weighted by Gasteiger charge is -2.05. The second-order valence-corrected chi connectivity index (χ2v) is 3.87. The van der Waals surface area contributed by atoms with E-state index in [-0.39, 0.29) is 30.7 Å². The maximum atomic E-state index is 11.7. The van der Waals surface area contributed by atoms with Gasteiger partial charge in [-0.25, -0.2) is 15.0 Å². The Bertz CT molecular complexity index is 532. The van der Waals surface area contributed by atoms with Crippen molar-refractivity contribution in [2.45, 2.75) is 19.8 Å². The van der Waals surface area contributed by atoms with Gasteiger partial charge in [-0.2, -0.15) is 0 Å². The fraction of sp³-hybridized carbons (Fsp3) is 0.455. The number of H-pyrrole nitrogens is 1. The zero-order chi connectivity index (χ0) is 12.8. The van der Waals surface area contributed by atoms with Crippen LogP contribution in [-0.4, -0.2) is 38.9 Å². The van der Waals surface area contributed by atoms with E-state index >= 15 is 0 Å². The predicted octanol–water partition coefficient (Wildman–Crippen LogP) is 1.52. The van der Waals surface area contributed by atoms with E-state index in [4.69, 9.17) is 0 Å². The zero-order valence-corrected chi connectivity index (χ0v) is 12.7. The van der Waals surface area contributed by atoms with Crippen molar-refractivity contribution in [1.82, 2.24) is 25.3 Å². The summed E-state index contributed by atoms with van der Waals surface area (Å²) in [6.07, 6.45) is 4.38. The van der Waals surface area contributed by atoms with Gasteiger partial charge in [0.25, 0.3) is 0 Å². The number of hydrogen-bond donors (Lipinski definition) is 3. The fourth-order valence-electron chi connectivity index (χ4n) is 1.56. The summed E-state index contributed by atoms with van der Waals surface area (Å²) in [5.74, 6) is 0.395. The average Bonchev–Trinajstić information content (AvgIpc) is 2.84. The van der Waals surface area contributed by atoms with Crippen LogP contribution >= 0.6 is 24.8 Å². The van der Waals surface area contributed by atoms with E-state index in [1.165, 1.54) is 12.7 Å². The molecule has 2 heterocycles. The molecule has 0 aromatic carbocycles. The molecule has 0 saturated carbocycles. The molecule has 0 fully saturated rings. The van der Waals surface area contributed by atoms with Crippen molar-refractivity contribution in [1.29, 1.82) is 0 Å². The maximum absolute atomic E-state index is 11.7. The molecule has 2 rings (SSSR count). The highest BCUT2D eigenvalue weighted by Crippen LogP contribution is 2.14. The summed E-state index contributed by atoms with van der Waals surface area (Å²) >= 11 is 0. The number of aromatic amines is 1. The van der Waals surface area contributed by atoms with Crippen LogP contribution in [-0.2, 0) is 4.79 Å². The molecule has 0 aliphatic rings. The van der Waals surface area contributed by atoms with Gasteiger partial charge in [0.05, 0.1) is 6.33 Å². The second kappa shape index (κ2) is 9.46. The Balaban J connectivity index is 0.00000180. The molecule has 0 saturated heterocycles. The van der Waals surface area contributed by atoms with Crippen molar-refractivity contribution in [3.63, 3.8) is 0 Å². The molecule has 7 nitrogen and oxygen atoms in total. The molecule has 2 aromatic rings. The SMILES string of the molecule is CCCNCCC(=O)Nc1ncnc2nc[nH]c12.Cl.Cl. The molecular weight excluding hydrogens is 303 g/mol. The van der Waals surface area contributed by atoms with Gasteiger partial charge in [0.1, 0.15) is 11.8 Å². The van der Waals surface area contributed by atoms with Gasteiger partial charge >= 0.3 is 0 Å². The van der Waals surface area contributed by atoms with Gasteiger partial charge < -0.3 is 15.6 Å². The molecule has 0 atom stereocenters. The maximum Gasteiger partial charge on any atom is 0.226 e. The van der Waals surface area contributed by atoms with E-state index in [0.29, 0.717) is 29.9 Å². The number of carbonyl (C=O) groups excluding carboxylic acids is 1. The normalized spacial score (nSPS) is 9.65. The van der Waals surface area contributed by atoms with E-state index in [0.717, 1.165) is 13.0 Å². The quantitative estimate of drug-likeness (QED) is 0.701. The van der Waals surface area contributed by atoms with Crippen LogP contribution < -0.4 is 10.6 Å². The van der Waals surface area contributed by atoms with Crippen LogP contribution in [0.25, 0.3) is 11.2 Å². The first kappa shape index (κ1) is 18.6. The number of imidazole rings is 1. The van der Waals surface area contributed by atoms with Gasteiger partial charge in [-0.05, 0) is 13.0 Å². The molecule has 20 heavy (non-hydrogen) atoms. The number of hydrogen-bond acceptors (Lipinski definition) is 5. The second-order valence-electron chi connectivity index (χ2n) is 3.87. The monoisotopic (exact) mass is 320 g/mol. The van der Waals surface area contributed by atoms with Crippen LogP contribution in [0.5, 0.6) is 0 Å². The summed E-state index contributed by atoms with van der Waals surface area (Å²) in [6.45, 7) is 3.67. The Labute approximate surface area is 129 Å². The topological polar surface area (TPSA) is 95.6 Å². The molecule has 1 amide bonds. The lowest BCUT2D eigenvalue weighted by molar-refractivity contribution is -0.116. The highest BCUT2D eigenvalue weighted by molar-refractivity contribution is 5.96. The van der Waals surface area contributed by atoms with Gasteiger partial charge in [0.15, 0.2) is 11.5 Å². The fourth-order valence-corrected chi connectivity index (χ4v) is 1.56. The van der Waals surface area contributed by atoms with E-state index < -0.39 is 0 Å². The largest absolute Gasteiger partial charge is 0.340 e. The van der Waals surface area contributed by atoms with Gasteiger partial charge in [0.2, 0.25) is 5.91 Å². The van der Waals surface area contributed by atoms with Crippen molar-refractivity contribution in [2.75, 3.05) is 18.4 Å². The van der Waals surface area contributed by atoms with Crippen LogP contribution in [0, 0.1) is 0 Å². The molecular formula is C11H18Cl2N6O. The molecule has 0 aliphatic heterocycles. The lowest BCUT2D eigenvalue weighted by atomic mass is 10.3. The number of carbonyl (C=O) groups is 1. The molecule has 9 heteroatoms. The third kappa shape index (κ3) is 4.92.